The van der Waals surface area contributed by atoms with Gasteiger partial charge < -0.3 is 0 Å². The van der Waals surface area contributed by atoms with Gasteiger partial charge in [-0.1, -0.05) is 111 Å². The van der Waals surface area contributed by atoms with Crippen LogP contribution in [0.4, 0.5) is 0 Å². The van der Waals surface area contributed by atoms with Crippen LogP contribution in [0.15, 0.2) is 0 Å². The van der Waals surface area contributed by atoms with Gasteiger partial charge in [-0.15, -0.1) is 0 Å². The van der Waals surface area contributed by atoms with Crippen molar-refractivity contribution in [3.8, 4) is 0 Å². The molecule has 1 atom stereocenters. The lowest BCUT2D eigenvalue weighted by Gasteiger charge is -2.25. The molecule has 0 aromatic rings. The lowest BCUT2D eigenvalue weighted by atomic mass is 10.0. The van der Waals surface area contributed by atoms with Gasteiger partial charge >= 0.3 is 0 Å². The number of hydroxylamine groups is 2. The van der Waals surface area contributed by atoms with Crippen LogP contribution < -0.4 is 0 Å². The Balaban J connectivity index is 4.04. The van der Waals surface area contributed by atoms with E-state index in [9.17, 15) is 0 Å². The molecule has 0 aromatic carbocycles. The van der Waals surface area contributed by atoms with E-state index >= 15 is 0 Å². The molecule has 2 heteroatoms. The smallest absolute Gasteiger partial charge is 0.0713 e. The zero-order valence-electron chi connectivity index (χ0n) is 18.9. The molecule has 0 radical (unpaired) electrons. The highest BCUT2D eigenvalue weighted by molar-refractivity contribution is 4.57. The van der Waals surface area contributed by atoms with Gasteiger partial charge in [0.05, 0.1) is 6.61 Å². The van der Waals surface area contributed by atoms with E-state index in [0.717, 1.165) is 25.6 Å². The Morgan fingerprint density at radius 1 is 0.577 bits per heavy atom. The van der Waals surface area contributed by atoms with Crippen molar-refractivity contribution in [2.75, 3.05) is 19.7 Å². The minimum absolute atomic E-state index is 0.742. The summed E-state index contributed by atoms with van der Waals surface area (Å²) in [5.74, 6) is 0.742. The standard InChI is InChI=1S/C24H51NO/c1-5-9-12-14-16-18-21-25(22-19-17-15-13-10-6-2)26-23-24(8-4)20-11-7-3/h24H,5-23H2,1-4H3. The molecule has 0 bridgehead atoms. The zero-order valence-corrected chi connectivity index (χ0v) is 18.9. The summed E-state index contributed by atoms with van der Waals surface area (Å²) in [7, 11) is 0. The second-order valence-corrected chi connectivity index (χ2v) is 8.18. The summed E-state index contributed by atoms with van der Waals surface area (Å²) in [5, 5.41) is 2.31. The summed E-state index contributed by atoms with van der Waals surface area (Å²) < 4.78 is 0. The predicted octanol–water partition coefficient (Wildman–Crippen LogP) is 8.16. The molecule has 1 unspecified atom stereocenters. The Morgan fingerprint density at radius 3 is 1.50 bits per heavy atom. The fraction of sp³-hybridized carbons (Fsp3) is 1.00. The highest BCUT2D eigenvalue weighted by atomic mass is 16.7. The van der Waals surface area contributed by atoms with Crippen molar-refractivity contribution in [3.63, 3.8) is 0 Å². The van der Waals surface area contributed by atoms with Crippen LogP contribution in [0.3, 0.4) is 0 Å². The Labute approximate surface area is 166 Å². The van der Waals surface area contributed by atoms with Gasteiger partial charge in [-0.05, 0) is 25.2 Å². The van der Waals surface area contributed by atoms with E-state index in [-0.39, 0.29) is 0 Å². The van der Waals surface area contributed by atoms with Crippen LogP contribution >= 0.6 is 0 Å². The summed E-state index contributed by atoms with van der Waals surface area (Å²) in [4.78, 5) is 6.28. The van der Waals surface area contributed by atoms with E-state index < -0.39 is 0 Å². The minimum atomic E-state index is 0.742. The number of hydrogen-bond acceptors (Lipinski definition) is 2. The van der Waals surface area contributed by atoms with Crippen LogP contribution in [-0.2, 0) is 4.84 Å². The number of rotatable bonds is 21. The van der Waals surface area contributed by atoms with Crippen molar-refractivity contribution < 1.29 is 4.84 Å². The van der Waals surface area contributed by atoms with E-state index in [4.69, 9.17) is 4.84 Å². The molecule has 0 N–H and O–H groups in total. The predicted molar refractivity (Wildman–Crippen MR) is 118 cm³/mol. The lowest BCUT2D eigenvalue weighted by Crippen LogP contribution is -2.29. The molecule has 0 aromatic heterocycles. The zero-order chi connectivity index (χ0) is 19.3. The molecule has 2 nitrogen and oxygen atoms in total. The molecule has 158 valence electrons. The first kappa shape index (κ1) is 25.9. The Hall–Kier alpha value is -0.0800. The third kappa shape index (κ3) is 17.3. The van der Waals surface area contributed by atoms with Crippen LogP contribution in [-0.4, -0.2) is 24.8 Å². The average molecular weight is 370 g/mol. The molecular weight excluding hydrogens is 318 g/mol. The van der Waals surface area contributed by atoms with E-state index in [1.54, 1.807) is 0 Å². The summed E-state index contributed by atoms with van der Waals surface area (Å²) in [6, 6.07) is 0. The molecule has 0 saturated carbocycles. The number of nitrogens with zero attached hydrogens (tertiary/aromatic N) is 1. The van der Waals surface area contributed by atoms with Gasteiger partial charge in [-0.3, -0.25) is 4.84 Å². The minimum Gasteiger partial charge on any atom is -0.299 e. The lowest BCUT2D eigenvalue weighted by molar-refractivity contribution is -0.171. The first-order valence-electron chi connectivity index (χ1n) is 12.2. The Morgan fingerprint density at radius 2 is 1.04 bits per heavy atom. The fourth-order valence-corrected chi connectivity index (χ4v) is 3.49. The van der Waals surface area contributed by atoms with Gasteiger partial charge in [0.1, 0.15) is 0 Å². The third-order valence-corrected chi connectivity index (χ3v) is 5.56. The van der Waals surface area contributed by atoms with Crippen molar-refractivity contribution in [2.24, 2.45) is 5.92 Å². The molecule has 0 aliphatic heterocycles. The van der Waals surface area contributed by atoms with E-state index in [1.807, 2.05) is 0 Å². The molecule has 0 amide bonds. The summed E-state index contributed by atoms with van der Waals surface area (Å²) in [6.45, 7) is 12.4. The van der Waals surface area contributed by atoms with E-state index in [2.05, 4.69) is 32.8 Å². The van der Waals surface area contributed by atoms with Gasteiger partial charge in [0.2, 0.25) is 0 Å². The average Bonchev–Trinajstić information content (AvgIpc) is 2.66. The Bertz CT molecular complexity index is 241. The molecular formula is C24H51NO. The number of hydrogen-bond donors (Lipinski definition) is 0. The molecule has 0 spiro atoms. The molecule has 0 fully saturated rings. The Kier molecular flexibility index (Phi) is 21.2. The van der Waals surface area contributed by atoms with E-state index in [0.29, 0.717) is 0 Å². The number of unbranched alkanes of at least 4 members (excludes halogenated alkanes) is 11. The van der Waals surface area contributed by atoms with Gasteiger partial charge in [0.15, 0.2) is 0 Å². The topological polar surface area (TPSA) is 12.5 Å². The largest absolute Gasteiger partial charge is 0.299 e. The highest BCUT2D eigenvalue weighted by Gasteiger charge is 2.11. The van der Waals surface area contributed by atoms with Gasteiger partial charge in [0, 0.05) is 13.1 Å². The van der Waals surface area contributed by atoms with Crippen LogP contribution in [0.25, 0.3) is 0 Å². The molecule has 0 aliphatic carbocycles. The van der Waals surface area contributed by atoms with Gasteiger partial charge in [0.25, 0.3) is 0 Å². The van der Waals surface area contributed by atoms with Gasteiger partial charge in [-0.2, -0.15) is 5.06 Å². The molecule has 0 heterocycles. The van der Waals surface area contributed by atoms with Crippen LogP contribution in [0.2, 0.25) is 0 Å². The first-order chi connectivity index (χ1) is 12.8. The summed E-state index contributed by atoms with van der Waals surface area (Å²) in [6.07, 6.45) is 21.6. The molecule has 0 saturated heterocycles. The van der Waals surface area contributed by atoms with Crippen molar-refractivity contribution >= 4 is 0 Å². The quantitative estimate of drug-likeness (QED) is 0.149. The van der Waals surface area contributed by atoms with Crippen LogP contribution in [0, 0.1) is 5.92 Å². The highest BCUT2D eigenvalue weighted by Crippen LogP contribution is 2.15. The normalized spacial score (nSPS) is 12.8. The molecule has 0 aliphatic rings. The second kappa shape index (κ2) is 21.2. The fourth-order valence-electron chi connectivity index (χ4n) is 3.49. The van der Waals surface area contributed by atoms with Crippen molar-refractivity contribution in [1.82, 2.24) is 5.06 Å². The maximum absolute atomic E-state index is 6.28. The maximum atomic E-state index is 6.28. The van der Waals surface area contributed by atoms with Crippen molar-refractivity contribution in [3.05, 3.63) is 0 Å². The van der Waals surface area contributed by atoms with E-state index in [1.165, 1.54) is 103 Å². The van der Waals surface area contributed by atoms with Crippen LogP contribution in [0.5, 0.6) is 0 Å². The second-order valence-electron chi connectivity index (χ2n) is 8.18. The van der Waals surface area contributed by atoms with Crippen LogP contribution in [0.1, 0.15) is 130 Å². The van der Waals surface area contributed by atoms with Crippen molar-refractivity contribution in [2.45, 2.75) is 130 Å². The SMILES string of the molecule is CCCCCCCCN(CCCCCCCC)OCC(CC)CCCC. The summed E-state index contributed by atoms with van der Waals surface area (Å²) >= 11 is 0. The van der Waals surface area contributed by atoms with Crippen molar-refractivity contribution in [1.29, 1.82) is 0 Å². The summed E-state index contributed by atoms with van der Waals surface area (Å²) in [5.41, 5.74) is 0. The molecule has 0 rings (SSSR count). The monoisotopic (exact) mass is 369 g/mol. The third-order valence-electron chi connectivity index (χ3n) is 5.56. The maximum Gasteiger partial charge on any atom is 0.0713 e. The van der Waals surface area contributed by atoms with Gasteiger partial charge in [-0.25, -0.2) is 0 Å². The first-order valence-corrected chi connectivity index (χ1v) is 12.2. The molecule has 26 heavy (non-hydrogen) atoms.